The number of nitrogens with zero attached hydrogens (tertiary/aromatic N) is 1. The molecule has 1 saturated heterocycles. The first-order valence-electron chi connectivity index (χ1n) is 5.48. The van der Waals surface area contributed by atoms with Crippen molar-refractivity contribution in [1.82, 2.24) is 0 Å². The van der Waals surface area contributed by atoms with Crippen LogP contribution in [0.15, 0.2) is 22.7 Å². The number of nitrogens with one attached hydrogen (secondary N) is 1. The minimum Gasteiger partial charge on any atom is -0.384 e. The summed E-state index contributed by atoms with van der Waals surface area (Å²) in [5.74, 6) is 0.396. The zero-order valence-corrected chi connectivity index (χ0v) is 12.1. The monoisotopic (exact) mass is 331 g/mol. The van der Waals surface area contributed by atoms with Gasteiger partial charge in [-0.1, -0.05) is 0 Å². The van der Waals surface area contributed by atoms with Crippen molar-refractivity contribution in [3.05, 3.63) is 28.2 Å². The molecule has 0 amide bonds. The Bertz CT molecular complexity index is 572. The molecule has 0 atom stereocenters. The molecule has 1 aliphatic rings. The Morgan fingerprint density at radius 2 is 1.94 bits per heavy atom. The van der Waals surface area contributed by atoms with Gasteiger partial charge in [0.25, 0.3) is 0 Å². The average molecular weight is 332 g/mol. The van der Waals surface area contributed by atoms with E-state index in [1.54, 1.807) is 6.07 Å². The van der Waals surface area contributed by atoms with Crippen molar-refractivity contribution in [2.75, 3.05) is 29.5 Å². The molecule has 1 heterocycles. The maximum atomic E-state index is 11.4. The molecule has 0 unspecified atom stereocenters. The van der Waals surface area contributed by atoms with Crippen LogP contribution in [0.2, 0.25) is 0 Å². The normalized spacial score (nSPS) is 18.6. The molecule has 0 radical (unpaired) electrons. The third-order valence-electron chi connectivity index (χ3n) is 2.95. The van der Waals surface area contributed by atoms with Crippen LogP contribution in [0.4, 0.5) is 5.69 Å². The highest BCUT2D eigenvalue weighted by Gasteiger charge is 2.22. The maximum absolute atomic E-state index is 11.4. The van der Waals surface area contributed by atoms with Crippen LogP contribution in [0.25, 0.3) is 0 Å². The van der Waals surface area contributed by atoms with E-state index in [1.165, 1.54) is 0 Å². The van der Waals surface area contributed by atoms with Crippen LogP contribution in [0.1, 0.15) is 5.56 Å². The van der Waals surface area contributed by atoms with Crippen LogP contribution >= 0.6 is 15.9 Å². The lowest BCUT2D eigenvalue weighted by Gasteiger charge is -2.29. The second kappa shape index (κ2) is 4.89. The first-order chi connectivity index (χ1) is 8.39. The molecular weight excluding hydrogens is 318 g/mol. The third kappa shape index (κ3) is 2.84. The summed E-state index contributed by atoms with van der Waals surface area (Å²) in [7, 11) is -2.86. The van der Waals surface area contributed by atoms with Gasteiger partial charge in [-0.2, -0.15) is 0 Å². The molecule has 5 nitrogen and oxygen atoms in total. The van der Waals surface area contributed by atoms with Crippen molar-refractivity contribution in [3.8, 4) is 0 Å². The highest BCUT2D eigenvalue weighted by atomic mass is 79.9. The number of hydrogen-bond donors (Lipinski definition) is 2. The van der Waals surface area contributed by atoms with E-state index in [0.29, 0.717) is 18.7 Å². The molecule has 0 aromatic heterocycles. The lowest BCUT2D eigenvalue weighted by Crippen LogP contribution is -2.40. The zero-order valence-electron chi connectivity index (χ0n) is 9.69. The number of rotatable bonds is 2. The molecule has 0 bridgehead atoms. The van der Waals surface area contributed by atoms with Crippen LogP contribution in [-0.2, 0) is 9.84 Å². The van der Waals surface area contributed by atoms with Crippen LogP contribution in [0.3, 0.4) is 0 Å². The van der Waals surface area contributed by atoms with Crippen molar-refractivity contribution in [3.63, 3.8) is 0 Å². The largest absolute Gasteiger partial charge is 0.384 e. The van der Waals surface area contributed by atoms with Gasteiger partial charge < -0.3 is 10.6 Å². The Kier molecular flexibility index (Phi) is 3.63. The Hall–Kier alpha value is -1.08. The fraction of sp³-hybridized carbons (Fsp3) is 0.364. The summed E-state index contributed by atoms with van der Waals surface area (Å²) < 4.78 is 23.5. The summed E-state index contributed by atoms with van der Waals surface area (Å²) in [6.45, 7) is 1.02. The molecule has 7 heteroatoms. The molecule has 1 aliphatic heterocycles. The number of nitrogens with two attached hydrogens (primary N) is 1. The fourth-order valence-corrected chi connectivity index (χ4v) is 3.67. The van der Waals surface area contributed by atoms with E-state index in [2.05, 4.69) is 15.9 Å². The molecular formula is C11H14BrN3O2S. The Morgan fingerprint density at radius 3 is 2.44 bits per heavy atom. The molecule has 1 fully saturated rings. The number of hydrogen-bond acceptors (Lipinski definition) is 4. The van der Waals surface area contributed by atoms with Gasteiger partial charge in [0.15, 0.2) is 9.84 Å². The Balaban J connectivity index is 2.21. The van der Waals surface area contributed by atoms with Crippen molar-refractivity contribution in [1.29, 1.82) is 5.41 Å². The summed E-state index contributed by atoms with van der Waals surface area (Å²) >= 11 is 3.37. The van der Waals surface area contributed by atoms with E-state index in [1.807, 2.05) is 17.0 Å². The third-order valence-corrected chi connectivity index (χ3v) is 5.22. The summed E-state index contributed by atoms with van der Waals surface area (Å²) in [6, 6.07) is 5.50. The average Bonchev–Trinajstić information content (AvgIpc) is 2.28. The highest BCUT2D eigenvalue weighted by Crippen LogP contribution is 2.25. The van der Waals surface area contributed by atoms with E-state index in [0.717, 1.165) is 10.2 Å². The van der Waals surface area contributed by atoms with Gasteiger partial charge in [-0.3, -0.25) is 5.41 Å². The lowest BCUT2D eigenvalue weighted by molar-refractivity contribution is 0.587. The number of nitrogen functional groups attached to an aromatic ring is 1. The molecule has 1 aromatic rings. The van der Waals surface area contributed by atoms with E-state index in [9.17, 15) is 8.42 Å². The van der Waals surface area contributed by atoms with Gasteiger partial charge in [0.1, 0.15) is 5.84 Å². The topological polar surface area (TPSA) is 87.2 Å². The Labute approximate surface area is 115 Å². The van der Waals surface area contributed by atoms with Gasteiger partial charge in [0, 0.05) is 28.8 Å². The van der Waals surface area contributed by atoms with Gasteiger partial charge in [0.2, 0.25) is 0 Å². The first-order valence-corrected chi connectivity index (χ1v) is 8.10. The predicted molar refractivity (Wildman–Crippen MR) is 76.0 cm³/mol. The predicted octanol–water partition coefficient (Wildman–Crippen LogP) is 0.968. The Morgan fingerprint density at radius 1 is 1.33 bits per heavy atom. The number of benzene rings is 1. The summed E-state index contributed by atoms with van der Waals surface area (Å²) in [6.07, 6.45) is 0. The molecule has 0 spiro atoms. The molecule has 1 aromatic carbocycles. The second-order valence-electron chi connectivity index (χ2n) is 4.22. The smallest absolute Gasteiger partial charge is 0.153 e. The van der Waals surface area contributed by atoms with E-state index < -0.39 is 9.84 Å². The van der Waals surface area contributed by atoms with Crippen molar-refractivity contribution in [2.45, 2.75) is 0 Å². The number of halogens is 1. The standard InChI is InChI=1S/C11H14BrN3O2S/c12-10-7-8(1-2-9(10)11(13)14)15-3-5-18(16,17)6-4-15/h1-2,7H,3-6H2,(H3,13,14). The molecule has 18 heavy (non-hydrogen) atoms. The fourth-order valence-electron chi connectivity index (χ4n) is 1.89. The van der Waals surface area contributed by atoms with E-state index in [-0.39, 0.29) is 17.3 Å². The number of sulfone groups is 1. The lowest BCUT2D eigenvalue weighted by atomic mass is 10.2. The van der Waals surface area contributed by atoms with Gasteiger partial charge in [-0.15, -0.1) is 0 Å². The number of anilines is 1. The number of amidine groups is 1. The molecule has 0 aliphatic carbocycles. The van der Waals surface area contributed by atoms with Gasteiger partial charge in [-0.25, -0.2) is 8.42 Å². The molecule has 2 rings (SSSR count). The summed E-state index contributed by atoms with van der Waals surface area (Å²) in [4.78, 5) is 2.02. The molecule has 3 N–H and O–H groups in total. The summed E-state index contributed by atoms with van der Waals surface area (Å²) in [5, 5.41) is 7.40. The minimum absolute atomic E-state index is 0.00893. The van der Waals surface area contributed by atoms with E-state index in [4.69, 9.17) is 11.1 Å². The zero-order chi connectivity index (χ0) is 13.3. The van der Waals surface area contributed by atoms with Crippen LogP contribution in [0.5, 0.6) is 0 Å². The second-order valence-corrected chi connectivity index (χ2v) is 7.37. The quantitative estimate of drug-likeness (QED) is 0.624. The van der Waals surface area contributed by atoms with E-state index >= 15 is 0 Å². The molecule has 0 saturated carbocycles. The van der Waals surface area contributed by atoms with Crippen molar-refractivity contribution >= 4 is 37.3 Å². The van der Waals surface area contributed by atoms with Crippen molar-refractivity contribution < 1.29 is 8.42 Å². The van der Waals surface area contributed by atoms with Gasteiger partial charge in [0.05, 0.1) is 11.5 Å². The van der Waals surface area contributed by atoms with Crippen LogP contribution in [-0.4, -0.2) is 38.8 Å². The van der Waals surface area contributed by atoms with Crippen LogP contribution in [0, 0.1) is 5.41 Å². The SMILES string of the molecule is N=C(N)c1ccc(N2CCS(=O)(=O)CC2)cc1Br. The minimum atomic E-state index is -2.86. The first kappa shape index (κ1) is 13.4. The van der Waals surface area contributed by atoms with Crippen LogP contribution < -0.4 is 10.6 Å². The van der Waals surface area contributed by atoms with Crippen molar-refractivity contribution in [2.24, 2.45) is 5.73 Å². The summed E-state index contributed by atoms with van der Waals surface area (Å²) in [5.41, 5.74) is 7.03. The highest BCUT2D eigenvalue weighted by molar-refractivity contribution is 9.10. The molecule has 98 valence electrons. The van der Waals surface area contributed by atoms with Gasteiger partial charge >= 0.3 is 0 Å². The van der Waals surface area contributed by atoms with Gasteiger partial charge in [-0.05, 0) is 34.1 Å². The maximum Gasteiger partial charge on any atom is 0.153 e.